The van der Waals surface area contributed by atoms with Gasteiger partial charge >= 0.3 is 5.97 Å². The second-order valence-electron chi connectivity index (χ2n) is 10.3. The monoisotopic (exact) mass is 501 g/mol. The maximum Gasteiger partial charge on any atom is 0.354 e. The van der Waals surface area contributed by atoms with Gasteiger partial charge in [-0.3, -0.25) is 14.6 Å². The SMILES string of the molecule is COC(=O)c1[nH]c(C)c(/C(O)=C2\C(=O)C(=O)N(Cc3cccnc3)[C@H]2c2ccc(C(C)(C)C)cc2)c1C. The predicted octanol–water partition coefficient (Wildman–Crippen LogP) is 4.73. The number of carbonyl (C=O) groups excluding carboxylic acids is 3. The number of methoxy groups -OCH3 is 1. The summed E-state index contributed by atoms with van der Waals surface area (Å²) in [5.41, 5.74) is 3.82. The molecule has 8 heteroatoms. The Morgan fingerprint density at radius 1 is 1.14 bits per heavy atom. The molecule has 8 nitrogen and oxygen atoms in total. The van der Waals surface area contributed by atoms with Crippen molar-refractivity contribution in [1.29, 1.82) is 0 Å². The van der Waals surface area contributed by atoms with Crippen molar-refractivity contribution in [3.05, 3.63) is 93.6 Å². The van der Waals surface area contributed by atoms with Crippen molar-refractivity contribution >= 4 is 23.4 Å². The number of nitrogens with one attached hydrogen (secondary N) is 1. The summed E-state index contributed by atoms with van der Waals surface area (Å²) in [7, 11) is 1.27. The number of aliphatic hydroxyl groups is 1. The van der Waals surface area contributed by atoms with Gasteiger partial charge in [0.2, 0.25) is 0 Å². The molecule has 3 heterocycles. The minimum absolute atomic E-state index is 0.0287. The van der Waals surface area contributed by atoms with Crippen molar-refractivity contribution in [3.63, 3.8) is 0 Å². The van der Waals surface area contributed by atoms with Crippen molar-refractivity contribution in [2.24, 2.45) is 0 Å². The molecule has 0 bridgehead atoms. The van der Waals surface area contributed by atoms with E-state index >= 15 is 0 Å². The molecule has 2 N–H and O–H groups in total. The lowest BCUT2D eigenvalue weighted by molar-refractivity contribution is -0.140. The minimum atomic E-state index is -0.829. The van der Waals surface area contributed by atoms with Crippen LogP contribution in [0.5, 0.6) is 0 Å². The van der Waals surface area contributed by atoms with Gasteiger partial charge in [0, 0.05) is 30.2 Å². The van der Waals surface area contributed by atoms with Crippen molar-refractivity contribution in [2.75, 3.05) is 7.11 Å². The maximum atomic E-state index is 13.4. The van der Waals surface area contributed by atoms with Crippen molar-refractivity contribution < 1.29 is 24.2 Å². The molecule has 192 valence electrons. The van der Waals surface area contributed by atoms with E-state index in [-0.39, 0.29) is 29.0 Å². The number of aromatic amines is 1. The zero-order valence-corrected chi connectivity index (χ0v) is 21.9. The molecular formula is C29H31N3O5. The highest BCUT2D eigenvalue weighted by atomic mass is 16.5. The highest BCUT2D eigenvalue weighted by Crippen LogP contribution is 2.42. The average molecular weight is 502 g/mol. The molecule has 1 amide bonds. The van der Waals surface area contributed by atoms with Gasteiger partial charge in [-0.2, -0.15) is 0 Å². The van der Waals surface area contributed by atoms with Crippen LogP contribution in [-0.2, 0) is 26.3 Å². The molecule has 0 spiro atoms. The third-order valence-electron chi connectivity index (χ3n) is 6.77. The van der Waals surface area contributed by atoms with Gasteiger partial charge in [0.05, 0.1) is 18.7 Å². The number of likely N-dealkylation sites (tertiary alicyclic amines) is 1. The van der Waals surface area contributed by atoms with Gasteiger partial charge < -0.3 is 19.7 Å². The molecular weight excluding hydrogens is 470 g/mol. The largest absolute Gasteiger partial charge is 0.507 e. The number of benzene rings is 1. The second-order valence-corrected chi connectivity index (χ2v) is 10.3. The number of aromatic nitrogens is 2. The minimum Gasteiger partial charge on any atom is -0.507 e. The van der Waals surface area contributed by atoms with Gasteiger partial charge in [-0.15, -0.1) is 0 Å². The molecule has 0 unspecified atom stereocenters. The summed E-state index contributed by atoms with van der Waals surface area (Å²) in [5, 5.41) is 11.5. The number of aryl methyl sites for hydroxylation is 1. The number of ether oxygens (including phenoxy) is 1. The summed E-state index contributed by atoms with van der Waals surface area (Å²) in [4.78, 5) is 47.5. The molecule has 1 aliphatic rings. The first-order chi connectivity index (χ1) is 17.5. The summed E-state index contributed by atoms with van der Waals surface area (Å²) in [5.74, 6) is -2.43. The molecule has 3 aromatic rings. The molecule has 4 rings (SSSR count). The number of hydrogen-bond acceptors (Lipinski definition) is 6. The van der Waals surface area contributed by atoms with Crippen LogP contribution in [0.3, 0.4) is 0 Å². The highest BCUT2D eigenvalue weighted by molar-refractivity contribution is 6.46. The van der Waals surface area contributed by atoms with Crippen LogP contribution in [0.2, 0.25) is 0 Å². The maximum absolute atomic E-state index is 13.4. The van der Waals surface area contributed by atoms with Crippen LogP contribution >= 0.6 is 0 Å². The molecule has 1 atom stereocenters. The fraction of sp³-hybridized carbons (Fsp3) is 0.310. The fourth-order valence-electron chi connectivity index (χ4n) is 4.79. The highest BCUT2D eigenvalue weighted by Gasteiger charge is 2.46. The predicted molar refractivity (Wildman–Crippen MR) is 139 cm³/mol. The van der Waals surface area contributed by atoms with Gasteiger partial charge in [0.15, 0.2) is 0 Å². The number of hydrogen-bond donors (Lipinski definition) is 2. The van der Waals surface area contributed by atoms with Crippen LogP contribution in [0.15, 0.2) is 54.4 Å². The van der Waals surface area contributed by atoms with Crippen LogP contribution in [0.4, 0.5) is 0 Å². The Morgan fingerprint density at radius 2 is 1.81 bits per heavy atom. The lowest BCUT2D eigenvalue weighted by Crippen LogP contribution is -2.29. The third kappa shape index (κ3) is 4.67. The van der Waals surface area contributed by atoms with Gasteiger partial charge in [-0.25, -0.2) is 4.79 Å². The van der Waals surface area contributed by atoms with Crippen LogP contribution in [0, 0.1) is 13.8 Å². The normalized spacial score (nSPS) is 17.4. The molecule has 1 saturated heterocycles. The number of Topliss-reactive ketones (excluding diaryl/α,β-unsaturated/α-hetero) is 1. The number of pyridine rings is 1. The van der Waals surface area contributed by atoms with E-state index in [1.54, 1.807) is 32.3 Å². The zero-order valence-electron chi connectivity index (χ0n) is 21.9. The summed E-state index contributed by atoms with van der Waals surface area (Å²) >= 11 is 0. The van der Waals surface area contributed by atoms with Gasteiger partial charge in [-0.1, -0.05) is 51.1 Å². The molecule has 1 aromatic carbocycles. The Hall–Kier alpha value is -4.20. The summed E-state index contributed by atoms with van der Waals surface area (Å²) in [6.07, 6.45) is 3.28. The van der Waals surface area contributed by atoms with E-state index in [4.69, 9.17) is 4.74 Å². The van der Waals surface area contributed by atoms with Crippen LogP contribution in [0.25, 0.3) is 5.76 Å². The van der Waals surface area contributed by atoms with E-state index in [1.165, 1.54) is 12.0 Å². The third-order valence-corrected chi connectivity index (χ3v) is 6.77. The van der Waals surface area contributed by atoms with E-state index in [0.717, 1.165) is 11.1 Å². The van der Waals surface area contributed by atoms with Gasteiger partial charge in [-0.05, 0) is 47.6 Å². The lowest BCUT2D eigenvalue weighted by Gasteiger charge is -2.26. The van der Waals surface area contributed by atoms with E-state index in [1.807, 2.05) is 30.3 Å². The second kappa shape index (κ2) is 9.69. The molecule has 2 aromatic heterocycles. The molecule has 0 saturated carbocycles. The lowest BCUT2D eigenvalue weighted by atomic mass is 9.85. The summed E-state index contributed by atoms with van der Waals surface area (Å²) in [6, 6.07) is 10.5. The zero-order chi connectivity index (χ0) is 27.1. The summed E-state index contributed by atoms with van der Waals surface area (Å²) < 4.78 is 4.84. The quantitative estimate of drug-likeness (QED) is 0.226. The Morgan fingerprint density at radius 3 is 2.38 bits per heavy atom. The van der Waals surface area contributed by atoms with E-state index < -0.39 is 23.7 Å². The van der Waals surface area contributed by atoms with E-state index in [9.17, 15) is 19.5 Å². The Balaban J connectivity index is 1.91. The number of H-pyrrole nitrogens is 1. The first-order valence-corrected chi connectivity index (χ1v) is 12.0. The fourth-order valence-corrected chi connectivity index (χ4v) is 4.79. The van der Waals surface area contributed by atoms with Crippen molar-refractivity contribution in [2.45, 2.75) is 52.6 Å². The number of carbonyl (C=O) groups is 3. The number of amides is 1. The van der Waals surface area contributed by atoms with Crippen LogP contribution in [0.1, 0.15) is 70.8 Å². The number of ketones is 1. The smallest absolute Gasteiger partial charge is 0.354 e. The standard InChI is InChI=1S/C29H31N3O5/c1-16-21(17(2)31-23(16)28(36)37-6)25(33)22-24(19-9-11-20(12-10-19)29(3,4)5)32(27(35)26(22)34)15-18-8-7-13-30-14-18/h7-14,24,31,33H,15H2,1-6H3/b25-22+/t24-/m0/s1. The molecule has 0 aliphatic carbocycles. The summed E-state index contributed by atoms with van der Waals surface area (Å²) in [6.45, 7) is 9.79. The molecule has 0 radical (unpaired) electrons. The van der Waals surface area contributed by atoms with E-state index in [2.05, 4.69) is 30.7 Å². The topological polar surface area (TPSA) is 113 Å². The van der Waals surface area contributed by atoms with E-state index in [0.29, 0.717) is 22.4 Å². The van der Waals surface area contributed by atoms with Crippen LogP contribution in [-0.4, -0.2) is 44.7 Å². The molecule has 1 aliphatic heterocycles. The van der Waals surface area contributed by atoms with Gasteiger partial charge in [0.25, 0.3) is 11.7 Å². The van der Waals surface area contributed by atoms with Crippen LogP contribution < -0.4 is 0 Å². The molecule has 1 fully saturated rings. The number of nitrogens with zero attached hydrogens (tertiary/aromatic N) is 2. The molecule has 37 heavy (non-hydrogen) atoms. The van der Waals surface area contributed by atoms with Crippen molar-refractivity contribution in [1.82, 2.24) is 14.9 Å². The Labute approximate surface area is 216 Å². The Kier molecular flexibility index (Phi) is 6.78. The Bertz CT molecular complexity index is 1400. The number of esters is 1. The van der Waals surface area contributed by atoms with Crippen molar-refractivity contribution in [3.8, 4) is 0 Å². The van der Waals surface area contributed by atoms with Gasteiger partial charge in [0.1, 0.15) is 11.5 Å². The average Bonchev–Trinajstić information content (AvgIpc) is 3.30. The number of aliphatic hydroxyl groups excluding tert-OH is 1. The number of rotatable bonds is 5. The first kappa shape index (κ1) is 25.9. The first-order valence-electron chi connectivity index (χ1n) is 12.0.